The number of aliphatic imine (C=N–C) groups is 1. The molecule has 1 heterocycles. The molecule has 0 atom stereocenters. The Morgan fingerprint density at radius 1 is 0.929 bits per heavy atom. The van der Waals surface area contributed by atoms with Crippen LogP contribution in [0, 0.1) is 0 Å². The van der Waals surface area contributed by atoms with Crippen molar-refractivity contribution >= 4 is 29.2 Å². The molecule has 1 aliphatic rings. The van der Waals surface area contributed by atoms with Crippen LogP contribution >= 0.6 is 11.8 Å². The molecule has 3 aromatic rings. The van der Waals surface area contributed by atoms with Gasteiger partial charge in [-0.05, 0) is 42.0 Å². The monoisotopic (exact) mass is 394 g/mol. The third kappa shape index (κ3) is 3.82. The molecule has 3 aromatic carbocycles. The van der Waals surface area contributed by atoms with Gasteiger partial charge in [0.1, 0.15) is 5.84 Å². The Balaban J connectivity index is 1.70. The number of anilines is 1. The van der Waals surface area contributed by atoms with Gasteiger partial charge in [-0.3, -0.25) is 4.79 Å². The fourth-order valence-corrected chi connectivity index (χ4v) is 3.65. The van der Waals surface area contributed by atoms with E-state index >= 15 is 0 Å². The number of benzene rings is 3. The van der Waals surface area contributed by atoms with Gasteiger partial charge < -0.3 is 4.90 Å². The number of carbonyl (C=O) groups excluding carboxylic acids is 1. The number of nitrogens with zero attached hydrogens (tertiary/aromatic N) is 2. The highest BCUT2D eigenvalue weighted by atomic mass is 32.2. The number of rotatable bonds is 4. The van der Waals surface area contributed by atoms with Gasteiger partial charge >= 0.3 is 0 Å². The Bertz CT molecular complexity index is 1020. The Hall–Kier alpha value is -2.99. The first-order chi connectivity index (χ1) is 13.6. The maximum absolute atomic E-state index is 12.7. The van der Waals surface area contributed by atoms with Crippen LogP contribution in [0.4, 0.5) is 14.5 Å². The molecule has 0 N–H and O–H groups in total. The largest absolute Gasteiger partial charge is 0.321 e. The number of amides is 1. The molecule has 0 unspecified atom stereocenters. The van der Waals surface area contributed by atoms with Crippen LogP contribution in [-0.2, 0) is 6.54 Å². The number of hydrogen-bond donors (Lipinski definition) is 0. The van der Waals surface area contributed by atoms with Gasteiger partial charge in [-0.25, -0.2) is 0 Å². The Labute approximate surface area is 165 Å². The lowest BCUT2D eigenvalue weighted by Gasteiger charge is -2.19. The molecule has 0 spiro atoms. The average Bonchev–Trinajstić information content (AvgIpc) is 3.07. The molecule has 6 heteroatoms. The van der Waals surface area contributed by atoms with Crippen LogP contribution in [0.1, 0.15) is 21.5 Å². The predicted molar refractivity (Wildman–Crippen MR) is 108 cm³/mol. The van der Waals surface area contributed by atoms with E-state index in [9.17, 15) is 13.6 Å². The Morgan fingerprint density at radius 2 is 1.61 bits per heavy atom. The molecular formula is C22H16F2N2OS. The van der Waals surface area contributed by atoms with Crippen molar-refractivity contribution in [1.82, 2.24) is 0 Å². The number of thioether (sulfide) groups is 1. The van der Waals surface area contributed by atoms with Crippen molar-refractivity contribution in [1.29, 1.82) is 0 Å². The van der Waals surface area contributed by atoms with E-state index in [1.807, 2.05) is 35.2 Å². The first kappa shape index (κ1) is 18.4. The maximum atomic E-state index is 12.7. The number of halogens is 2. The number of fused-ring (bicyclic) bond motifs is 1. The molecule has 3 nitrogen and oxygen atoms in total. The highest BCUT2D eigenvalue weighted by Crippen LogP contribution is 2.32. The SMILES string of the molecule is O=C(N=C1c2ccccc2CN1c1ccc(SC(F)F)cc1)c1ccccc1. The first-order valence-corrected chi connectivity index (χ1v) is 9.58. The van der Waals surface area contributed by atoms with E-state index in [1.165, 1.54) is 0 Å². The molecule has 1 aliphatic heterocycles. The molecular weight excluding hydrogens is 378 g/mol. The topological polar surface area (TPSA) is 32.7 Å². The smallest absolute Gasteiger partial charge is 0.288 e. The molecule has 0 saturated carbocycles. The fraction of sp³-hybridized carbons (Fsp3) is 0.0909. The molecule has 0 saturated heterocycles. The number of carbonyl (C=O) groups is 1. The molecule has 0 fully saturated rings. The summed E-state index contributed by atoms with van der Waals surface area (Å²) in [4.78, 5) is 19.5. The van der Waals surface area contributed by atoms with Gasteiger partial charge in [0, 0.05) is 21.7 Å². The summed E-state index contributed by atoms with van der Waals surface area (Å²) in [5, 5.41) is 0. The van der Waals surface area contributed by atoms with Crippen LogP contribution in [0.3, 0.4) is 0 Å². The van der Waals surface area contributed by atoms with Gasteiger partial charge in [0.15, 0.2) is 0 Å². The lowest BCUT2D eigenvalue weighted by Crippen LogP contribution is -2.25. The van der Waals surface area contributed by atoms with Crippen molar-refractivity contribution < 1.29 is 13.6 Å². The van der Waals surface area contributed by atoms with E-state index in [1.54, 1.807) is 48.5 Å². The van der Waals surface area contributed by atoms with Crippen molar-refractivity contribution in [3.8, 4) is 0 Å². The maximum Gasteiger partial charge on any atom is 0.288 e. The fourth-order valence-electron chi connectivity index (χ4n) is 3.15. The van der Waals surface area contributed by atoms with Crippen LogP contribution in [0.15, 0.2) is 88.8 Å². The Kier molecular flexibility index (Phi) is 5.21. The summed E-state index contributed by atoms with van der Waals surface area (Å²) in [7, 11) is 0. The zero-order chi connectivity index (χ0) is 19.5. The van der Waals surface area contributed by atoms with Crippen molar-refractivity contribution in [2.75, 3.05) is 4.90 Å². The van der Waals surface area contributed by atoms with Gasteiger partial charge in [0.25, 0.3) is 11.7 Å². The summed E-state index contributed by atoms with van der Waals surface area (Å²) in [6, 6.07) is 23.6. The second-order valence-corrected chi connectivity index (χ2v) is 7.29. The molecule has 0 radical (unpaired) electrons. The first-order valence-electron chi connectivity index (χ1n) is 8.70. The minimum atomic E-state index is -2.46. The molecule has 0 bridgehead atoms. The Morgan fingerprint density at radius 3 is 2.32 bits per heavy atom. The van der Waals surface area contributed by atoms with E-state index in [4.69, 9.17) is 0 Å². The van der Waals surface area contributed by atoms with E-state index in [-0.39, 0.29) is 5.91 Å². The van der Waals surface area contributed by atoms with Gasteiger partial charge in [-0.1, -0.05) is 54.2 Å². The number of amidine groups is 1. The third-order valence-corrected chi connectivity index (χ3v) is 5.17. The lowest BCUT2D eigenvalue weighted by molar-refractivity contribution is 0.100. The summed E-state index contributed by atoms with van der Waals surface area (Å²) in [5.41, 5.74) is 3.28. The number of hydrogen-bond acceptors (Lipinski definition) is 2. The second-order valence-electron chi connectivity index (χ2n) is 6.22. The van der Waals surface area contributed by atoms with E-state index in [0.29, 0.717) is 34.6 Å². The number of alkyl halides is 2. The lowest BCUT2D eigenvalue weighted by atomic mass is 10.1. The van der Waals surface area contributed by atoms with Crippen molar-refractivity contribution in [2.45, 2.75) is 17.2 Å². The molecule has 0 aromatic heterocycles. The minimum absolute atomic E-state index is 0.317. The van der Waals surface area contributed by atoms with E-state index in [0.717, 1.165) is 16.8 Å². The summed E-state index contributed by atoms with van der Waals surface area (Å²) in [5.74, 6) is -2.21. The van der Waals surface area contributed by atoms with E-state index in [2.05, 4.69) is 4.99 Å². The summed E-state index contributed by atoms with van der Waals surface area (Å²) >= 11 is 0.510. The summed E-state index contributed by atoms with van der Waals surface area (Å²) < 4.78 is 25.1. The summed E-state index contributed by atoms with van der Waals surface area (Å²) in [6.07, 6.45) is 0. The predicted octanol–water partition coefficient (Wildman–Crippen LogP) is 5.61. The standard InChI is InChI=1S/C22H16F2N2OS/c23-22(24)28-18-12-10-17(11-13-18)26-14-16-8-4-5-9-19(16)20(26)25-21(27)15-6-2-1-3-7-15/h1-13,22H,14H2. The summed E-state index contributed by atoms with van der Waals surface area (Å²) in [6.45, 7) is 0.568. The molecule has 4 rings (SSSR count). The van der Waals surface area contributed by atoms with Crippen LogP contribution in [0.25, 0.3) is 0 Å². The van der Waals surface area contributed by atoms with Crippen LogP contribution in [0.2, 0.25) is 0 Å². The van der Waals surface area contributed by atoms with Gasteiger partial charge in [0.05, 0.1) is 6.54 Å². The minimum Gasteiger partial charge on any atom is -0.321 e. The highest BCUT2D eigenvalue weighted by Gasteiger charge is 2.27. The van der Waals surface area contributed by atoms with Crippen molar-refractivity contribution in [3.05, 3.63) is 95.6 Å². The quantitative estimate of drug-likeness (QED) is 0.539. The molecule has 140 valence electrons. The zero-order valence-electron chi connectivity index (χ0n) is 14.8. The van der Waals surface area contributed by atoms with Gasteiger partial charge in [0.2, 0.25) is 0 Å². The van der Waals surface area contributed by atoms with Crippen LogP contribution in [-0.4, -0.2) is 17.5 Å². The van der Waals surface area contributed by atoms with Gasteiger partial charge in [-0.2, -0.15) is 13.8 Å². The van der Waals surface area contributed by atoms with Gasteiger partial charge in [-0.15, -0.1) is 0 Å². The van der Waals surface area contributed by atoms with Crippen LogP contribution in [0.5, 0.6) is 0 Å². The second kappa shape index (κ2) is 7.94. The van der Waals surface area contributed by atoms with Crippen molar-refractivity contribution in [2.24, 2.45) is 4.99 Å². The van der Waals surface area contributed by atoms with E-state index < -0.39 is 5.76 Å². The normalized spacial score (nSPS) is 14.5. The molecule has 1 amide bonds. The zero-order valence-corrected chi connectivity index (χ0v) is 15.6. The van der Waals surface area contributed by atoms with Crippen LogP contribution < -0.4 is 4.90 Å². The average molecular weight is 394 g/mol. The molecule has 28 heavy (non-hydrogen) atoms. The van der Waals surface area contributed by atoms with Crippen molar-refractivity contribution in [3.63, 3.8) is 0 Å². The molecule has 0 aliphatic carbocycles. The highest BCUT2D eigenvalue weighted by molar-refractivity contribution is 7.99. The third-order valence-electron chi connectivity index (χ3n) is 4.44.